The van der Waals surface area contributed by atoms with Gasteiger partial charge in [-0.25, -0.2) is 0 Å². The molecule has 0 saturated carbocycles. The summed E-state index contributed by atoms with van der Waals surface area (Å²) in [6.07, 6.45) is 15.1. The third-order valence-corrected chi connectivity index (χ3v) is 8.42. The van der Waals surface area contributed by atoms with E-state index < -0.39 is 0 Å². The maximum Gasteiger partial charge on any atom is 0.130 e. The van der Waals surface area contributed by atoms with Crippen LogP contribution in [0, 0.1) is 5.92 Å². The number of benzene rings is 3. The Kier molecular flexibility index (Phi) is 8.48. The molecule has 0 spiro atoms. The molecule has 3 aromatic rings. The van der Waals surface area contributed by atoms with Crippen molar-refractivity contribution in [2.24, 2.45) is 5.92 Å². The highest BCUT2D eigenvalue weighted by molar-refractivity contribution is 7.55. The van der Waals surface area contributed by atoms with Crippen molar-refractivity contribution >= 4 is 19.2 Å². The van der Waals surface area contributed by atoms with Crippen molar-refractivity contribution in [1.82, 2.24) is 4.90 Å². The fourth-order valence-corrected chi connectivity index (χ4v) is 6.41. The first-order chi connectivity index (χ1) is 17.3. The van der Waals surface area contributed by atoms with Crippen LogP contribution in [0.2, 0.25) is 0 Å². The van der Waals surface area contributed by atoms with Gasteiger partial charge >= 0.3 is 0 Å². The van der Waals surface area contributed by atoms with Crippen LogP contribution >= 0.6 is 8.58 Å². The summed E-state index contributed by atoms with van der Waals surface area (Å²) in [5.74, 6) is 1.62. The highest BCUT2D eigenvalue weighted by Gasteiger charge is 2.17. The number of likely N-dealkylation sites (tertiary alicyclic amines) is 1. The minimum Gasteiger partial charge on any atom is -0.488 e. The molecule has 0 radical (unpaired) electrons. The number of hydrogen-bond donors (Lipinski definition) is 0. The van der Waals surface area contributed by atoms with E-state index in [1.54, 1.807) is 0 Å². The maximum atomic E-state index is 6.61. The predicted molar refractivity (Wildman–Crippen MR) is 150 cm³/mol. The van der Waals surface area contributed by atoms with Crippen LogP contribution in [0.4, 0.5) is 0 Å². The van der Waals surface area contributed by atoms with Gasteiger partial charge in [0.15, 0.2) is 0 Å². The SMILES string of the molecule is C1=CCC(Cc2cccc(Pc3ccccc3CN3CCCCC3)c2OCc2ccccc2)C=C1. The minimum atomic E-state index is 0.532. The molecular weight excluding hydrogens is 445 g/mol. The first-order valence-corrected chi connectivity index (χ1v) is 14.0. The van der Waals surface area contributed by atoms with E-state index in [4.69, 9.17) is 4.74 Å². The summed E-state index contributed by atoms with van der Waals surface area (Å²) < 4.78 is 6.61. The number of piperidine rings is 1. The molecule has 3 heteroatoms. The van der Waals surface area contributed by atoms with Gasteiger partial charge in [0.05, 0.1) is 0 Å². The molecule has 35 heavy (non-hydrogen) atoms. The zero-order chi connectivity index (χ0) is 23.7. The zero-order valence-electron chi connectivity index (χ0n) is 20.5. The maximum absolute atomic E-state index is 6.61. The second-order valence-corrected chi connectivity index (χ2v) is 11.0. The molecule has 0 bridgehead atoms. The van der Waals surface area contributed by atoms with Gasteiger partial charge < -0.3 is 4.74 Å². The Bertz CT molecular complexity index is 1150. The van der Waals surface area contributed by atoms with Gasteiger partial charge in [0.1, 0.15) is 12.4 Å². The molecule has 1 fully saturated rings. The summed E-state index contributed by atoms with van der Waals surface area (Å²) in [7, 11) is 0.588. The van der Waals surface area contributed by atoms with E-state index in [9.17, 15) is 0 Å². The second kappa shape index (κ2) is 12.3. The van der Waals surface area contributed by atoms with Crippen LogP contribution in [0.1, 0.15) is 42.4 Å². The van der Waals surface area contributed by atoms with Crippen LogP contribution in [0.5, 0.6) is 5.75 Å². The van der Waals surface area contributed by atoms with Gasteiger partial charge in [-0.1, -0.05) is 112 Å². The average Bonchev–Trinajstić information content (AvgIpc) is 2.91. The topological polar surface area (TPSA) is 12.5 Å². The number of para-hydroxylation sites is 1. The van der Waals surface area contributed by atoms with Crippen LogP contribution in [-0.2, 0) is 19.6 Å². The fourth-order valence-electron chi connectivity index (χ4n) is 5.09. The molecule has 2 aliphatic rings. The van der Waals surface area contributed by atoms with E-state index in [1.165, 1.54) is 59.7 Å². The molecule has 2 unspecified atom stereocenters. The molecule has 0 N–H and O–H groups in total. The van der Waals surface area contributed by atoms with Gasteiger partial charge in [-0.2, -0.15) is 0 Å². The molecule has 0 amide bonds. The third-order valence-electron chi connectivity index (χ3n) is 7.00. The van der Waals surface area contributed by atoms with E-state index in [1.807, 2.05) is 0 Å². The molecule has 180 valence electrons. The van der Waals surface area contributed by atoms with Crippen molar-refractivity contribution in [1.29, 1.82) is 0 Å². The van der Waals surface area contributed by atoms with Crippen LogP contribution < -0.4 is 15.3 Å². The minimum absolute atomic E-state index is 0.532. The average molecular weight is 482 g/mol. The van der Waals surface area contributed by atoms with E-state index in [2.05, 4.69) is 102 Å². The molecule has 0 aromatic heterocycles. The van der Waals surface area contributed by atoms with Gasteiger partial charge in [0, 0.05) is 11.8 Å². The lowest BCUT2D eigenvalue weighted by molar-refractivity contribution is 0.221. The van der Waals surface area contributed by atoms with Crippen molar-refractivity contribution in [2.75, 3.05) is 13.1 Å². The van der Waals surface area contributed by atoms with Crippen LogP contribution in [0.3, 0.4) is 0 Å². The first-order valence-electron chi connectivity index (χ1n) is 13.0. The fraction of sp³-hybridized carbons (Fsp3) is 0.312. The lowest BCUT2D eigenvalue weighted by Gasteiger charge is -2.27. The number of allylic oxidation sites excluding steroid dienone is 4. The van der Waals surface area contributed by atoms with Crippen LogP contribution in [-0.4, -0.2) is 18.0 Å². The Morgan fingerprint density at radius 3 is 2.37 bits per heavy atom. The highest BCUT2D eigenvalue weighted by Crippen LogP contribution is 2.29. The third kappa shape index (κ3) is 6.72. The van der Waals surface area contributed by atoms with Gasteiger partial charge in [-0.05, 0) is 66.7 Å². The van der Waals surface area contributed by atoms with E-state index in [0.29, 0.717) is 21.1 Å². The molecule has 1 aliphatic carbocycles. The van der Waals surface area contributed by atoms with Gasteiger partial charge in [0.2, 0.25) is 0 Å². The molecule has 5 rings (SSSR count). The molecule has 3 aromatic carbocycles. The number of rotatable bonds is 9. The summed E-state index contributed by atoms with van der Waals surface area (Å²) in [5, 5.41) is 2.76. The highest BCUT2D eigenvalue weighted by atomic mass is 31.1. The Morgan fingerprint density at radius 2 is 1.54 bits per heavy atom. The van der Waals surface area contributed by atoms with Gasteiger partial charge in [-0.15, -0.1) is 0 Å². The summed E-state index contributed by atoms with van der Waals surface area (Å²) in [6, 6.07) is 26.3. The largest absolute Gasteiger partial charge is 0.488 e. The monoisotopic (exact) mass is 481 g/mol. The summed E-state index contributed by atoms with van der Waals surface area (Å²) in [4.78, 5) is 2.62. The lowest BCUT2D eigenvalue weighted by atomic mass is 9.93. The molecule has 1 saturated heterocycles. The molecule has 1 aliphatic heterocycles. The summed E-state index contributed by atoms with van der Waals surface area (Å²) in [6.45, 7) is 4.11. The van der Waals surface area contributed by atoms with Crippen molar-refractivity contribution < 1.29 is 4.74 Å². The van der Waals surface area contributed by atoms with Crippen molar-refractivity contribution in [3.63, 3.8) is 0 Å². The number of hydrogen-bond acceptors (Lipinski definition) is 2. The Morgan fingerprint density at radius 1 is 0.771 bits per heavy atom. The van der Waals surface area contributed by atoms with Crippen LogP contribution in [0.15, 0.2) is 97.1 Å². The van der Waals surface area contributed by atoms with Gasteiger partial charge in [0.25, 0.3) is 0 Å². The Hall–Kier alpha value is -2.67. The molecule has 2 nitrogen and oxygen atoms in total. The van der Waals surface area contributed by atoms with Crippen molar-refractivity contribution in [3.8, 4) is 5.75 Å². The summed E-state index contributed by atoms with van der Waals surface area (Å²) >= 11 is 0. The lowest BCUT2D eigenvalue weighted by Crippen LogP contribution is -2.30. The van der Waals surface area contributed by atoms with Crippen molar-refractivity contribution in [3.05, 3.63) is 114 Å². The Labute approximate surface area is 212 Å². The standard InChI is InChI=1S/C32H36NOP/c1-4-13-26(14-5-1)23-28-18-12-20-31(32(28)34-25-27-15-6-2-7-16-27)35-30-19-9-8-17-29(30)24-33-21-10-3-11-22-33/h1-2,4-9,12-13,15-20,26,35H,3,10-11,14,21-25H2. The summed E-state index contributed by atoms with van der Waals surface area (Å²) in [5.41, 5.74) is 4.00. The quantitative estimate of drug-likeness (QED) is 0.321. The number of nitrogens with zero attached hydrogens (tertiary/aromatic N) is 1. The first kappa shape index (κ1) is 24.0. The Balaban J connectivity index is 1.41. The van der Waals surface area contributed by atoms with Gasteiger partial charge in [-0.3, -0.25) is 4.90 Å². The van der Waals surface area contributed by atoms with E-state index in [0.717, 1.165) is 25.1 Å². The van der Waals surface area contributed by atoms with E-state index in [-0.39, 0.29) is 0 Å². The zero-order valence-corrected chi connectivity index (χ0v) is 21.5. The molecule has 2 atom stereocenters. The van der Waals surface area contributed by atoms with Crippen molar-refractivity contribution in [2.45, 2.75) is 45.3 Å². The van der Waals surface area contributed by atoms with E-state index >= 15 is 0 Å². The van der Waals surface area contributed by atoms with Crippen LogP contribution in [0.25, 0.3) is 0 Å². The molecule has 1 heterocycles. The molecular formula is C32H36NOP. The second-order valence-electron chi connectivity index (χ2n) is 9.70. The normalized spacial score (nSPS) is 18.3. The predicted octanol–water partition coefficient (Wildman–Crippen LogP) is 6.56. The number of ether oxygens (including phenoxy) is 1. The smallest absolute Gasteiger partial charge is 0.130 e.